The molecule has 0 aliphatic heterocycles. The molecule has 2 aromatic rings. The number of carbonyl (C=O) groups is 1. The third kappa shape index (κ3) is 1.31. The number of aromatic amines is 1. The highest BCUT2D eigenvalue weighted by atomic mass is 79.9. The largest absolute Gasteiger partial charge is 0.478 e. The molecule has 0 saturated heterocycles. The number of halogens is 1. The van der Waals surface area contributed by atoms with Gasteiger partial charge in [-0.05, 0) is 12.1 Å². The van der Waals surface area contributed by atoms with Crippen molar-refractivity contribution in [1.29, 1.82) is 0 Å². The summed E-state index contributed by atoms with van der Waals surface area (Å²) >= 11 is 3.23. The van der Waals surface area contributed by atoms with Crippen LogP contribution < -0.4 is 0 Å². The minimum Gasteiger partial charge on any atom is -0.478 e. The number of nitrogens with zero attached hydrogens (tertiary/aromatic N) is 1. The third-order valence-corrected chi connectivity index (χ3v) is 2.21. The van der Waals surface area contributed by atoms with Crippen molar-refractivity contribution in [3.8, 4) is 0 Å². The fourth-order valence-corrected chi connectivity index (χ4v) is 1.65. The molecule has 0 atom stereocenters. The van der Waals surface area contributed by atoms with E-state index < -0.39 is 5.97 Å². The van der Waals surface area contributed by atoms with Crippen LogP contribution in [0.4, 0.5) is 0 Å². The zero-order valence-electron chi connectivity index (χ0n) is 6.41. The van der Waals surface area contributed by atoms with Crippen LogP contribution in [0.5, 0.6) is 0 Å². The molecule has 13 heavy (non-hydrogen) atoms. The van der Waals surface area contributed by atoms with E-state index >= 15 is 0 Å². The molecule has 1 aromatic heterocycles. The Morgan fingerprint density at radius 1 is 1.54 bits per heavy atom. The number of carboxylic acids is 1. The van der Waals surface area contributed by atoms with Crippen molar-refractivity contribution in [1.82, 2.24) is 10.2 Å². The molecule has 1 heterocycles. The van der Waals surface area contributed by atoms with Gasteiger partial charge in [-0.2, -0.15) is 5.10 Å². The maximum atomic E-state index is 10.8. The Morgan fingerprint density at radius 3 is 3.00 bits per heavy atom. The highest BCUT2D eigenvalue weighted by Gasteiger charge is 2.10. The summed E-state index contributed by atoms with van der Waals surface area (Å²) in [5.74, 6) is -0.951. The Labute approximate surface area is 81.7 Å². The molecule has 2 rings (SSSR count). The van der Waals surface area contributed by atoms with E-state index in [1.165, 1.54) is 6.20 Å². The van der Waals surface area contributed by atoms with E-state index in [1.54, 1.807) is 12.1 Å². The van der Waals surface area contributed by atoms with Crippen LogP contribution in [0.3, 0.4) is 0 Å². The molecule has 4 nitrogen and oxygen atoms in total. The standard InChI is InChI=1S/C8H5BrN2O2/c9-4-1-5(8(12)13)6-3-10-11-7(6)2-4/h1-3H,(H,10,11)(H,12,13). The second-order valence-electron chi connectivity index (χ2n) is 2.59. The molecule has 0 radical (unpaired) electrons. The molecule has 0 aliphatic carbocycles. The summed E-state index contributed by atoms with van der Waals surface area (Å²) in [6, 6.07) is 3.34. The molecular formula is C8H5BrN2O2. The van der Waals surface area contributed by atoms with Crippen LogP contribution in [0.15, 0.2) is 22.8 Å². The average Bonchev–Trinajstić information content (AvgIpc) is 2.49. The number of H-pyrrole nitrogens is 1. The Kier molecular flexibility index (Phi) is 1.81. The van der Waals surface area contributed by atoms with Crippen LogP contribution in [-0.2, 0) is 0 Å². The second-order valence-corrected chi connectivity index (χ2v) is 3.51. The van der Waals surface area contributed by atoms with Gasteiger partial charge in [-0.15, -0.1) is 0 Å². The van der Waals surface area contributed by atoms with E-state index in [-0.39, 0.29) is 5.56 Å². The lowest BCUT2D eigenvalue weighted by molar-refractivity contribution is 0.0699. The van der Waals surface area contributed by atoms with Crippen molar-refractivity contribution in [2.45, 2.75) is 0 Å². The Balaban J connectivity index is 2.84. The first kappa shape index (κ1) is 8.25. The lowest BCUT2D eigenvalue weighted by Gasteiger charge is -1.97. The van der Waals surface area contributed by atoms with Gasteiger partial charge in [-0.1, -0.05) is 15.9 Å². The molecular weight excluding hydrogens is 236 g/mol. The molecule has 0 aliphatic rings. The van der Waals surface area contributed by atoms with Crippen molar-refractivity contribution in [3.63, 3.8) is 0 Å². The van der Waals surface area contributed by atoms with Crippen molar-refractivity contribution in [3.05, 3.63) is 28.4 Å². The molecule has 0 fully saturated rings. The maximum absolute atomic E-state index is 10.8. The molecule has 0 spiro atoms. The first-order valence-corrected chi connectivity index (χ1v) is 4.33. The van der Waals surface area contributed by atoms with Crippen LogP contribution in [-0.4, -0.2) is 21.3 Å². The summed E-state index contributed by atoms with van der Waals surface area (Å²) in [6.07, 6.45) is 1.51. The lowest BCUT2D eigenvalue weighted by Crippen LogP contribution is -1.96. The van der Waals surface area contributed by atoms with Gasteiger partial charge in [0.15, 0.2) is 0 Å². The van der Waals surface area contributed by atoms with Crippen LogP contribution in [0.1, 0.15) is 10.4 Å². The Morgan fingerprint density at radius 2 is 2.31 bits per heavy atom. The molecule has 2 N–H and O–H groups in total. The summed E-state index contributed by atoms with van der Waals surface area (Å²) < 4.78 is 0.724. The van der Waals surface area contributed by atoms with E-state index in [0.29, 0.717) is 10.9 Å². The number of aromatic carboxylic acids is 1. The zero-order valence-corrected chi connectivity index (χ0v) is 8.00. The van der Waals surface area contributed by atoms with Crippen molar-refractivity contribution >= 4 is 32.8 Å². The van der Waals surface area contributed by atoms with Gasteiger partial charge in [-0.3, -0.25) is 5.10 Å². The predicted octanol–water partition coefficient (Wildman–Crippen LogP) is 2.02. The summed E-state index contributed by atoms with van der Waals surface area (Å²) in [5, 5.41) is 16.0. The Bertz CT molecular complexity index is 478. The maximum Gasteiger partial charge on any atom is 0.336 e. The average molecular weight is 241 g/mol. The van der Waals surface area contributed by atoms with Crippen molar-refractivity contribution in [2.24, 2.45) is 0 Å². The lowest BCUT2D eigenvalue weighted by atomic mass is 10.1. The van der Waals surface area contributed by atoms with Crippen LogP contribution in [0.2, 0.25) is 0 Å². The summed E-state index contributed by atoms with van der Waals surface area (Å²) in [5.41, 5.74) is 0.963. The zero-order chi connectivity index (χ0) is 9.42. The summed E-state index contributed by atoms with van der Waals surface area (Å²) in [4.78, 5) is 10.8. The number of fused-ring (bicyclic) bond motifs is 1. The fraction of sp³-hybridized carbons (Fsp3) is 0. The van der Waals surface area contributed by atoms with Gasteiger partial charge in [0.1, 0.15) is 0 Å². The molecule has 0 saturated carbocycles. The third-order valence-electron chi connectivity index (χ3n) is 1.75. The number of benzene rings is 1. The van der Waals surface area contributed by atoms with E-state index in [4.69, 9.17) is 5.11 Å². The first-order chi connectivity index (χ1) is 6.18. The first-order valence-electron chi connectivity index (χ1n) is 3.54. The monoisotopic (exact) mass is 240 g/mol. The fourth-order valence-electron chi connectivity index (χ4n) is 1.19. The molecule has 5 heteroatoms. The number of aromatic nitrogens is 2. The van der Waals surface area contributed by atoms with Crippen molar-refractivity contribution in [2.75, 3.05) is 0 Å². The minimum atomic E-state index is -0.951. The SMILES string of the molecule is O=C(O)c1cc(Br)cc2[nH]ncc12. The van der Waals surface area contributed by atoms with Crippen LogP contribution in [0, 0.1) is 0 Å². The van der Waals surface area contributed by atoms with E-state index in [1.807, 2.05) is 0 Å². The van der Waals surface area contributed by atoms with Crippen molar-refractivity contribution < 1.29 is 9.90 Å². The van der Waals surface area contributed by atoms with Crippen LogP contribution in [0.25, 0.3) is 10.9 Å². The molecule has 0 unspecified atom stereocenters. The quantitative estimate of drug-likeness (QED) is 0.802. The molecule has 66 valence electrons. The Hall–Kier alpha value is -1.36. The van der Waals surface area contributed by atoms with E-state index in [9.17, 15) is 4.79 Å². The van der Waals surface area contributed by atoms with Gasteiger partial charge in [0.25, 0.3) is 0 Å². The number of hydrogen-bond acceptors (Lipinski definition) is 2. The van der Waals surface area contributed by atoms with Gasteiger partial charge >= 0.3 is 5.97 Å². The smallest absolute Gasteiger partial charge is 0.336 e. The van der Waals surface area contributed by atoms with E-state index in [0.717, 1.165) is 4.47 Å². The van der Waals surface area contributed by atoms with E-state index in [2.05, 4.69) is 26.1 Å². The van der Waals surface area contributed by atoms with Gasteiger partial charge in [0, 0.05) is 9.86 Å². The number of hydrogen-bond donors (Lipinski definition) is 2. The summed E-state index contributed by atoms with van der Waals surface area (Å²) in [6.45, 7) is 0. The normalized spacial score (nSPS) is 10.5. The number of nitrogens with one attached hydrogen (secondary N) is 1. The van der Waals surface area contributed by atoms with Crippen LogP contribution >= 0.6 is 15.9 Å². The number of carboxylic acid groups (broad SMARTS) is 1. The molecule has 1 aromatic carbocycles. The van der Waals surface area contributed by atoms with Gasteiger partial charge in [-0.25, -0.2) is 4.79 Å². The topological polar surface area (TPSA) is 66.0 Å². The summed E-state index contributed by atoms with van der Waals surface area (Å²) in [7, 11) is 0. The molecule has 0 amide bonds. The van der Waals surface area contributed by atoms with Gasteiger partial charge in [0.2, 0.25) is 0 Å². The minimum absolute atomic E-state index is 0.248. The molecule has 0 bridgehead atoms. The second kappa shape index (κ2) is 2.85. The predicted molar refractivity (Wildman–Crippen MR) is 50.8 cm³/mol. The highest BCUT2D eigenvalue weighted by molar-refractivity contribution is 9.10. The number of rotatable bonds is 1. The van der Waals surface area contributed by atoms with Gasteiger partial charge < -0.3 is 5.11 Å². The van der Waals surface area contributed by atoms with Gasteiger partial charge in [0.05, 0.1) is 17.3 Å². The highest BCUT2D eigenvalue weighted by Crippen LogP contribution is 2.22.